The maximum atomic E-state index is 12.9. The molecule has 0 aliphatic carbocycles. The number of hydrogen-bond donors (Lipinski definition) is 0. The molecule has 0 bridgehead atoms. The third-order valence-electron chi connectivity index (χ3n) is 6.05. The van der Waals surface area contributed by atoms with Crippen LogP contribution in [0.2, 0.25) is 5.02 Å². The SMILES string of the molecule is CCn1c(=O)n(CCC(=O)N2CCCN(Cc3ccc(Cl)cc3)CC2)c2ccccc21. The molecule has 0 saturated carbocycles. The summed E-state index contributed by atoms with van der Waals surface area (Å²) < 4.78 is 3.50. The van der Waals surface area contributed by atoms with Gasteiger partial charge < -0.3 is 4.90 Å². The minimum absolute atomic E-state index is 0.0403. The van der Waals surface area contributed by atoms with Crippen molar-refractivity contribution in [3.8, 4) is 0 Å². The van der Waals surface area contributed by atoms with Crippen LogP contribution in [0.15, 0.2) is 53.3 Å². The number of amides is 1. The predicted molar refractivity (Wildman–Crippen MR) is 124 cm³/mol. The monoisotopic (exact) mass is 440 g/mol. The molecule has 0 radical (unpaired) electrons. The van der Waals surface area contributed by atoms with Crippen molar-refractivity contribution in [2.45, 2.75) is 39.4 Å². The van der Waals surface area contributed by atoms with E-state index < -0.39 is 0 Å². The van der Waals surface area contributed by atoms with Gasteiger partial charge in [0.05, 0.1) is 11.0 Å². The maximum absolute atomic E-state index is 12.9. The van der Waals surface area contributed by atoms with Crippen LogP contribution in [-0.2, 0) is 24.4 Å². The van der Waals surface area contributed by atoms with E-state index >= 15 is 0 Å². The molecule has 164 valence electrons. The molecule has 7 heteroatoms. The fraction of sp³-hybridized carbons (Fsp3) is 0.417. The van der Waals surface area contributed by atoms with Gasteiger partial charge in [0, 0.05) is 57.3 Å². The number of para-hydroxylation sites is 2. The molecular formula is C24H29ClN4O2. The second-order valence-electron chi connectivity index (χ2n) is 8.05. The number of carbonyl (C=O) groups excluding carboxylic acids is 1. The Morgan fingerprint density at radius 1 is 0.935 bits per heavy atom. The Labute approximate surface area is 187 Å². The van der Waals surface area contributed by atoms with Crippen LogP contribution in [0.3, 0.4) is 0 Å². The van der Waals surface area contributed by atoms with Gasteiger partial charge in [-0.2, -0.15) is 0 Å². The summed E-state index contributed by atoms with van der Waals surface area (Å²) in [4.78, 5) is 30.0. The Hall–Kier alpha value is -2.57. The van der Waals surface area contributed by atoms with E-state index in [0.29, 0.717) is 19.5 Å². The quantitative estimate of drug-likeness (QED) is 0.588. The van der Waals surface area contributed by atoms with E-state index in [-0.39, 0.29) is 11.6 Å². The van der Waals surface area contributed by atoms with E-state index in [1.807, 2.05) is 48.2 Å². The molecular weight excluding hydrogens is 412 g/mol. The van der Waals surface area contributed by atoms with E-state index in [0.717, 1.165) is 55.2 Å². The number of nitrogens with zero attached hydrogens (tertiary/aromatic N) is 4. The molecule has 6 nitrogen and oxygen atoms in total. The van der Waals surface area contributed by atoms with E-state index in [4.69, 9.17) is 11.6 Å². The van der Waals surface area contributed by atoms with E-state index in [2.05, 4.69) is 17.0 Å². The van der Waals surface area contributed by atoms with Gasteiger partial charge in [-0.05, 0) is 43.2 Å². The minimum Gasteiger partial charge on any atom is -0.341 e. The lowest BCUT2D eigenvalue weighted by Gasteiger charge is -2.22. The fourth-order valence-electron chi connectivity index (χ4n) is 4.39. The zero-order valence-corrected chi connectivity index (χ0v) is 18.7. The van der Waals surface area contributed by atoms with Gasteiger partial charge >= 0.3 is 5.69 Å². The van der Waals surface area contributed by atoms with Crippen LogP contribution in [0.25, 0.3) is 11.0 Å². The zero-order chi connectivity index (χ0) is 21.8. The summed E-state index contributed by atoms with van der Waals surface area (Å²) in [5.74, 6) is 0.119. The van der Waals surface area contributed by atoms with Crippen molar-refractivity contribution in [3.05, 3.63) is 69.6 Å². The molecule has 0 atom stereocenters. The zero-order valence-electron chi connectivity index (χ0n) is 18.0. The van der Waals surface area contributed by atoms with Crippen molar-refractivity contribution in [2.24, 2.45) is 0 Å². The average molecular weight is 441 g/mol. The van der Waals surface area contributed by atoms with Gasteiger partial charge in [-0.25, -0.2) is 4.79 Å². The fourth-order valence-corrected chi connectivity index (χ4v) is 4.51. The Morgan fingerprint density at radius 2 is 1.65 bits per heavy atom. The van der Waals surface area contributed by atoms with Crippen LogP contribution in [0.4, 0.5) is 0 Å². The second kappa shape index (κ2) is 9.71. The number of hydrogen-bond acceptors (Lipinski definition) is 3. The molecule has 0 spiro atoms. The van der Waals surface area contributed by atoms with E-state index in [1.54, 1.807) is 9.13 Å². The van der Waals surface area contributed by atoms with Crippen LogP contribution in [-0.4, -0.2) is 51.0 Å². The molecule has 0 N–H and O–H groups in total. The Kier molecular flexibility index (Phi) is 6.78. The number of aromatic nitrogens is 2. The van der Waals surface area contributed by atoms with Crippen LogP contribution < -0.4 is 5.69 Å². The smallest absolute Gasteiger partial charge is 0.329 e. The summed E-state index contributed by atoms with van der Waals surface area (Å²) in [5, 5.41) is 0.748. The lowest BCUT2D eigenvalue weighted by molar-refractivity contribution is -0.131. The first kappa shape index (κ1) is 21.7. The van der Waals surface area contributed by atoms with E-state index in [9.17, 15) is 9.59 Å². The van der Waals surface area contributed by atoms with Crippen molar-refractivity contribution < 1.29 is 4.79 Å². The van der Waals surface area contributed by atoms with Crippen LogP contribution >= 0.6 is 11.6 Å². The highest BCUT2D eigenvalue weighted by molar-refractivity contribution is 6.30. The molecule has 1 aliphatic heterocycles. The number of carbonyl (C=O) groups is 1. The van der Waals surface area contributed by atoms with E-state index in [1.165, 1.54) is 5.56 Å². The highest BCUT2D eigenvalue weighted by atomic mass is 35.5. The van der Waals surface area contributed by atoms with Gasteiger partial charge in [-0.15, -0.1) is 0 Å². The molecule has 2 heterocycles. The van der Waals surface area contributed by atoms with Gasteiger partial charge in [-0.3, -0.25) is 18.8 Å². The topological polar surface area (TPSA) is 50.5 Å². The first-order valence-corrected chi connectivity index (χ1v) is 11.4. The van der Waals surface area contributed by atoms with Crippen molar-refractivity contribution in [1.29, 1.82) is 0 Å². The van der Waals surface area contributed by atoms with Crippen LogP contribution in [0, 0.1) is 0 Å². The molecule has 1 aliphatic rings. The van der Waals surface area contributed by atoms with Crippen LogP contribution in [0.1, 0.15) is 25.3 Å². The largest absolute Gasteiger partial charge is 0.341 e. The third-order valence-corrected chi connectivity index (χ3v) is 6.30. The first-order valence-electron chi connectivity index (χ1n) is 11.0. The van der Waals surface area contributed by atoms with Crippen molar-refractivity contribution in [3.63, 3.8) is 0 Å². The molecule has 1 saturated heterocycles. The summed E-state index contributed by atoms with van der Waals surface area (Å²) >= 11 is 5.98. The summed E-state index contributed by atoms with van der Waals surface area (Å²) in [6.07, 6.45) is 1.29. The lowest BCUT2D eigenvalue weighted by Crippen LogP contribution is -2.36. The highest BCUT2D eigenvalue weighted by Gasteiger charge is 2.20. The van der Waals surface area contributed by atoms with Gasteiger partial charge in [0.25, 0.3) is 0 Å². The van der Waals surface area contributed by atoms with Gasteiger partial charge in [-0.1, -0.05) is 35.9 Å². The number of halogens is 1. The Morgan fingerprint density at radius 3 is 2.35 bits per heavy atom. The van der Waals surface area contributed by atoms with Crippen molar-refractivity contribution in [2.75, 3.05) is 26.2 Å². The molecule has 1 amide bonds. The molecule has 1 fully saturated rings. The third kappa shape index (κ3) is 4.86. The number of rotatable bonds is 6. The molecule has 2 aromatic carbocycles. The summed E-state index contributed by atoms with van der Waals surface area (Å²) in [5.41, 5.74) is 3.01. The molecule has 31 heavy (non-hydrogen) atoms. The summed E-state index contributed by atoms with van der Waals surface area (Å²) in [7, 11) is 0. The highest BCUT2D eigenvalue weighted by Crippen LogP contribution is 2.15. The number of aryl methyl sites for hydroxylation is 2. The van der Waals surface area contributed by atoms with Crippen LogP contribution in [0.5, 0.6) is 0 Å². The van der Waals surface area contributed by atoms with Gasteiger partial charge in [0.15, 0.2) is 0 Å². The Balaban J connectivity index is 1.36. The maximum Gasteiger partial charge on any atom is 0.329 e. The van der Waals surface area contributed by atoms with Crippen molar-refractivity contribution in [1.82, 2.24) is 18.9 Å². The number of benzene rings is 2. The molecule has 0 unspecified atom stereocenters. The number of fused-ring (bicyclic) bond motifs is 1. The Bertz CT molecular complexity index is 1100. The molecule has 1 aromatic heterocycles. The summed E-state index contributed by atoms with van der Waals surface area (Å²) in [6, 6.07) is 15.7. The minimum atomic E-state index is -0.0403. The second-order valence-corrected chi connectivity index (χ2v) is 8.49. The standard InChI is InChI=1S/C24H29ClN4O2/c1-2-28-21-6-3-4-7-22(21)29(24(28)31)15-12-23(30)27-14-5-13-26(16-17-27)18-19-8-10-20(25)11-9-19/h3-4,6-11H,2,5,12-18H2,1H3. The number of imidazole rings is 1. The predicted octanol–water partition coefficient (Wildman–Crippen LogP) is 3.60. The normalized spacial score (nSPS) is 15.4. The first-order chi connectivity index (χ1) is 15.1. The van der Waals surface area contributed by atoms with Gasteiger partial charge in [0.2, 0.25) is 5.91 Å². The average Bonchev–Trinajstić information content (AvgIpc) is 2.90. The van der Waals surface area contributed by atoms with Gasteiger partial charge in [0.1, 0.15) is 0 Å². The van der Waals surface area contributed by atoms with Crippen molar-refractivity contribution >= 4 is 28.5 Å². The lowest BCUT2D eigenvalue weighted by atomic mass is 10.2. The molecule has 4 rings (SSSR count). The summed E-state index contributed by atoms with van der Waals surface area (Å²) in [6.45, 7) is 7.17. The molecule has 3 aromatic rings.